The van der Waals surface area contributed by atoms with Crippen molar-refractivity contribution in [2.45, 2.75) is 0 Å². The fourth-order valence-electron chi connectivity index (χ4n) is 2.13. The molecule has 6 nitrogen and oxygen atoms in total. The summed E-state index contributed by atoms with van der Waals surface area (Å²) in [6.45, 7) is 0. The van der Waals surface area contributed by atoms with Gasteiger partial charge >= 0.3 is 11.9 Å². The molecule has 26 heavy (non-hydrogen) atoms. The Hall–Kier alpha value is -3.80. The molecule has 0 aliphatic heterocycles. The fourth-order valence-corrected chi connectivity index (χ4v) is 2.13. The maximum atomic E-state index is 12.2. The lowest BCUT2D eigenvalue weighted by atomic mass is 10.1. The quantitative estimate of drug-likeness (QED) is 0.552. The normalized spacial score (nSPS) is 10.2. The molecule has 0 spiro atoms. The highest BCUT2D eigenvalue weighted by atomic mass is 16.5. The van der Waals surface area contributed by atoms with Gasteiger partial charge in [-0.05, 0) is 66.7 Å². The van der Waals surface area contributed by atoms with Crippen molar-refractivity contribution in [3.05, 3.63) is 83.9 Å². The third-order valence-electron chi connectivity index (χ3n) is 3.43. The molecule has 2 N–H and O–H groups in total. The molecule has 0 atom stereocenters. The van der Waals surface area contributed by atoms with Crippen molar-refractivity contribution in [2.24, 2.45) is 0 Å². The van der Waals surface area contributed by atoms with Gasteiger partial charge in [0.1, 0.15) is 23.0 Å². The molecule has 0 saturated heterocycles. The Bertz CT molecular complexity index is 855. The fraction of sp³-hybridized carbons (Fsp3) is 0. The second kappa shape index (κ2) is 7.40. The summed E-state index contributed by atoms with van der Waals surface area (Å²) < 4.78 is 10.4. The van der Waals surface area contributed by atoms with Crippen LogP contribution in [0.5, 0.6) is 23.0 Å². The van der Waals surface area contributed by atoms with E-state index in [9.17, 15) is 19.8 Å². The van der Waals surface area contributed by atoms with Gasteiger partial charge in [0.25, 0.3) is 0 Å². The zero-order chi connectivity index (χ0) is 18.5. The van der Waals surface area contributed by atoms with Crippen LogP contribution in [0.1, 0.15) is 20.7 Å². The van der Waals surface area contributed by atoms with Gasteiger partial charge in [-0.1, -0.05) is 6.07 Å². The standard InChI is InChI=1S/C20H14O6/c21-15-4-8-17(9-5-15)25-19(23)13-2-1-3-14(12-13)20(24)26-18-10-6-16(22)7-11-18/h1-12,21-22H. The first kappa shape index (κ1) is 17.0. The number of aromatic hydroxyl groups is 2. The summed E-state index contributed by atoms with van der Waals surface area (Å²) in [5.41, 5.74) is 0.358. The molecule has 0 amide bonds. The minimum atomic E-state index is -0.644. The maximum Gasteiger partial charge on any atom is 0.343 e. The van der Waals surface area contributed by atoms with Gasteiger partial charge in [0.15, 0.2) is 0 Å². The van der Waals surface area contributed by atoms with E-state index >= 15 is 0 Å². The summed E-state index contributed by atoms with van der Waals surface area (Å²) in [5.74, 6) is -0.632. The van der Waals surface area contributed by atoms with E-state index in [-0.39, 0.29) is 34.1 Å². The highest BCUT2D eigenvalue weighted by Gasteiger charge is 2.14. The number of rotatable bonds is 4. The molecule has 3 aromatic rings. The number of esters is 2. The topological polar surface area (TPSA) is 93.1 Å². The summed E-state index contributed by atoms with van der Waals surface area (Å²) in [4.78, 5) is 24.4. The second-order valence-corrected chi connectivity index (χ2v) is 5.35. The summed E-state index contributed by atoms with van der Waals surface area (Å²) >= 11 is 0. The van der Waals surface area contributed by atoms with E-state index in [2.05, 4.69) is 0 Å². The summed E-state index contributed by atoms with van der Waals surface area (Å²) in [6, 6.07) is 17.3. The predicted molar refractivity (Wildman–Crippen MR) is 92.6 cm³/mol. The highest BCUT2D eigenvalue weighted by molar-refractivity contribution is 5.96. The van der Waals surface area contributed by atoms with Crippen LogP contribution in [0.2, 0.25) is 0 Å². The van der Waals surface area contributed by atoms with E-state index in [0.717, 1.165) is 0 Å². The van der Waals surface area contributed by atoms with Gasteiger partial charge in [0, 0.05) is 0 Å². The zero-order valence-electron chi connectivity index (χ0n) is 13.5. The van der Waals surface area contributed by atoms with Crippen LogP contribution in [0, 0.1) is 0 Å². The van der Waals surface area contributed by atoms with E-state index in [1.54, 1.807) is 6.07 Å². The molecule has 0 unspecified atom stereocenters. The molecule has 0 radical (unpaired) electrons. The van der Waals surface area contributed by atoms with Crippen LogP contribution >= 0.6 is 0 Å². The number of hydrogen-bond acceptors (Lipinski definition) is 6. The highest BCUT2D eigenvalue weighted by Crippen LogP contribution is 2.19. The van der Waals surface area contributed by atoms with Crippen molar-refractivity contribution in [1.82, 2.24) is 0 Å². The van der Waals surface area contributed by atoms with Crippen LogP contribution in [0.4, 0.5) is 0 Å². The maximum absolute atomic E-state index is 12.2. The Kier molecular flexibility index (Phi) is 4.85. The van der Waals surface area contributed by atoms with Gasteiger partial charge in [-0.2, -0.15) is 0 Å². The van der Waals surface area contributed by atoms with Crippen molar-refractivity contribution in [2.75, 3.05) is 0 Å². The molecule has 3 rings (SSSR count). The molecule has 3 aromatic carbocycles. The van der Waals surface area contributed by atoms with Crippen molar-refractivity contribution < 1.29 is 29.3 Å². The molecular weight excluding hydrogens is 336 g/mol. The lowest BCUT2D eigenvalue weighted by molar-refractivity contribution is 0.0734. The van der Waals surface area contributed by atoms with Crippen LogP contribution in [-0.2, 0) is 0 Å². The molecule has 0 aromatic heterocycles. The molecule has 0 saturated carbocycles. The minimum absolute atomic E-state index is 0.0590. The van der Waals surface area contributed by atoms with Gasteiger partial charge < -0.3 is 19.7 Å². The van der Waals surface area contributed by atoms with Crippen molar-refractivity contribution in [1.29, 1.82) is 0 Å². The predicted octanol–water partition coefficient (Wildman–Crippen LogP) is 3.54. The van der Waals surface area contributed by atoms with E-state index in [1.165, 1.54) is 66.7 Å². The van der Waals surface area contributed by atoms with Crippen molar-refractivity contribution in [3.63, 3.8) is 0 Å². The first-order valence-corrected chi connectivity index (χ1v) is 7.64. The van der Waals surface area contributed by atoms with E-state index < -0.39 is 11.9 Å². The van der Waals surface area contributed by atoms with Crippen LogP contribution in [0.3, 0.4) is 0 Å². The third-order valence-corrected chi connectivity index (χ3v) is 3.43. The Morgan fingerprint density at radius 3 is 1.38 bits per heavy atom. The molecule has 130 valence electrons. The van der Waals surface area contributed by atoms with Crippen LogP contribution in [0.25, 0.3) is 0 Å². The SMILES string of the molecule is O=C(Oc1ccc(O)cc1)c1cccc(C(=O)Oc2ccc(O)cc2)c1. The second-order valence-electron chi connectivity index (χ2n) is 5.35. The Labute approximate surface area is 148 Å². The molecule has 6 heteroatoms. The number of phenols is 2. The van der Waals surface area contributed by atoms with Crippen molar-refractivity contribution in [3.8, 4) is 23.0 Å². The molecule has 0 aliphatic rings. The summed E-state index contributed by atoms with van der Waals surface area (Å²) in [6.07, 6.45) is 0. The van der Waals surface area contributed by atoms with E-state index in [0.29, 0.717) is 0 Å². The van der Waals surface area contributed by atoms with Crippen LogP contribution in [-0.4, -0.2) is 22.2 Å². The monoisotopic (exact) mass is 350 g/mol. The number of ether oxygens (including phenoxy) is 2. The zero-order valence-corrected chi connectivity index (χ0v) is 13.5. The molecule has 0 aliphatic carbocycles. The van der Waals surface area contributed by atoms with Crippen LogP contribution in [0.15, 0.2) is 72.8 Å². The number of carbonyl (C=O) groups is 2. The average molecular weight is 350 g/mol. The van der Waals surface area contributed by atoms with Gasteiger partial charge in [0.2, 0.25) is 0 Å². The Balaban J connectivity index is 1.72. The van der Waals surface area contributed by atoms with Gasteiger partial charge in [-0.25, -0.2) is 9.59 Å². The van der Waals surface area contributed by atoms with Gasteiger partial charge in [0.05, 0.1) is 11.1 Å². The van der Waals surface area contributed by atoms with Gasteiger partial charge in [-0.3, -0.25) is 0 Å². The summed E-state index contributed by atoms with van der Waals surface area (Å²) in [5, 5.41) is 18.5. The molecular formula is C20H14O6. The van der Waals surface area contributed by atoms with Gasteiger partial charge in [-0.15, -0.1) is 0 Å². The number of hydrogen-bond donors (Lipinski definition) is 2. The Morgan fingerprint density at radius 2 is 1.00 bits per heavy atom. The average Bonchev–Trinajstić information content (AvgIpc) is 2.65. The van der Waals surface area contributed by atoms with E-state index in [4.69, 9.17) is 9.47 Å². The number of carbonyl (C=O) groups excluding carboxylic acids is 2. The largest absolute Gasteiger partial charge is 0.508 e. The Morgan fingerprint density at radius 1 is 0.615 bits per heavy atom. The lowest BCUT2D eigenvalue weighted by Gasteiger charge is -2.07. The number of phenolic OH excluding ortho intramolecular Hbond substituents is 2. The first-order valence-electron chi connectivity index (χ1n) is 7.64. The van der Waals surface area contributed by atoms with Crippen LogP contribution < -0.4 is 9.47 Å². The molecule has 0 bridgehead atoms. The first-order chi connectivity index (χ1) is 12.5. The smallest absolute Gasteiger partial charge is 0.343 e. The minimum Gasteiger partial charge on any atom is -0.508 e. The number of benzene rings is 3. The molecule has 0 fully saturated rings. The summed E-state index contributed by atoms with van der Waals surface area (Å²) in [7, 11) is 0. The van der Waals surface area contributed by atoms with Crippen molar-refractivity contribution >= 4 is 11.9 Å². The van der Waals surface area contributed by atoms with E-state index in [1.807, 2.05) is 0 Å². The molecule has 0 heterocycles. The lowest BCUT2D eigenvalue weighted by Crippen LogP contribution is -2.12. The third kappa shape index (κ3) is 4.18.